The molecule has 0 radical (unpaired) electrons. The minimum Gasteiger partial charge on any atom is -0.496 e. The molecule has 3 rings (SSSR count). The number of pyridine rings is 1. The number of hydrogen-bond donors (Lipinski definition) is 0. The Balaban J connectivity index is 2.15. The van der Waals surface area contributed by atoms with E-state index in [1.807, 2.05) is 35.2 Å². The van der Waals surface area contributed by atoms with Crippen molar-refractivity contribution >= 4 is 6.08 Å². The summed E-state index contributed by atoms with van der Waals surface area (Å²) >= 11 is 0. The Morgan fingerprint density at radius 1 is 1.33 bits per heavy atom. The molecule has 0 spiro atoms. The van der Waals surface area contributed by atoms with Gasteiger partial charge < -0.3 is 4.74 Å². The molecule has 1 aliphatic heterocycles. The van der Waals surface area contributed by atoms with E-state index in [9.17, 15) is 0 Å². The number of fused-ring (bicyclic) bond motifs is 1. The topological polar surface area (TPSA) is 39.9 Å². The number of hydrogen-bond acceptors (Lipinski definition) is 3. The van der Waals surface area contributed by atoms with Crippen LogP contribution in [0.25, 0.3) is 11.9 Å². The molecule has 74 valence electrons. The predicted molar refractivity (Wildman–Crippen MR) is 55.2 cm³/mol. The van der Waals surface area contributed by atoms with Crippen LogP contribution in [0.15, 0.2) is 36.9 Å². The van der Waals surface area contributed by atoms with Crippen molar-refractivity contribution in [2.45, 2.75) is 6.61 Å². The highest BCUT2D eigenvalue weighted by atomic mass is 16.5. The molecule has 0 aromatic carbocycles. The van der Waals surface area contributed by atoms with Crippen LogP contribution in [-0.4, -0.2) is 14.8 Å². The lowest BCUT2D eigenvalue weighted by molar-refractivity contribution is 0.234. The van der Waals surface area contributed by atoms with Gasteiger partial charge in [0, 0.05) is 11.8 Å². The lowest BCUT2D eigenvalue weighted by atomic mass is 10.2. The first-order chi connectivity index (χ1) is 7.45. The van der Waals surface area contributed by atoms with E-state index in [0.29, 0.717) is 6.61 Å². The monoisotopic (exact) mass is 199 g/mol. The van der Waals surface area contributed by atoms with Crippen molar-refractivity contribution in [1.29, 1.82) is 0 Å². The zero-order valence-corrected chi connectivity index (χ0v) is 8.00. The van der Waals surface area contributed by atoms with Crippen LogP contribution < -0.4 is 0 Å². The van der Waals surface area contributed by atoms with Crippen LogP contribution in [0, 0.1) is 0 Å². The van der Waals surface area contributed by atoms with Crippen LogP contribution in [0.2, 0.25) is 0 Å². The second kappa shape index (κ2) is 3.24. The molecular formula is C11H9N3O. The fourth-order valence-corrected chi connectivity index (χ4v) is 1.59. The van der Waals surface area contributed by atoms with E-state index in [2.05, 4.69) is 10.1 Å². The van der Waals surface area contributed by atoms with Crippen molar-refractivity contribution in [2.75, 3.05) is 0 Å². The van der Waals surface area contributed by atoms with Gasteiger partial charge in [-0.3, -0.25) is 0 Å². The zero-order chi connectivity index (χ0) is 10.1. The Labute approximate surface area is 86.8 Å². The maximum atomic E-state index is 5.19. The Kier molecular flexibility index (Phi) is 1.78. The molecule has 4 nitrogen and oxygen atoms in total. The summed E-state index contributed by atoms with van der Waals surface area (Å²) in [6.07, 6.45) is 7.16. The summed E-state index contributed by atoms with van der Waals surface area (Å²) in [5, 5.41) is 4.29. The summed E-state index contributed by atoms with van der Waals surface area (Å²) in [5.74, 6) is 0.824. The van der Waals surface area contributed by atoms with E-state index in [1.165, 1.54) is 0 Å². The standard InChI is InChI=1S/C11H9N3O/c1-2-5-12-11(3-1)14-10-4-6-15-8-9(10)7-13-14/h1-7H,8H2. The van der Waals surface area contributed by atoms with Gasteiger partial charge in [-0.25, -0.2) is 9.67 Å². The average Bonchev–Trinajstić information content (AvgIpc) is 2.74. The van der Waals surface area contributed by atoms with Gasteiger partial charge in [0.15, 0.2) is 5.82 Å². The summed E-state index contributed by atoms with van der Waals surface area (Å²) < 4.78 is 7.00. The highest BCUT2D eigenvalue weighted by Gasteiger charge is 2.13. The van der Waals surface area contributed by atoms with Gasteiger partial charge >= 0.3 is 0 Å². The number of nitrogens with zero attached hydrogens (tertiary/aromatic N) is 3. The molecule has 0 atom stereocenters. The van der Waals surface area contributed by atoms with E-state index in [4.69, 9.17) is 4.74 Å². The quantitative estimate of drug-likeness (QED) is 0.702. The maximum absolute atomic E-state index is 5.19. The Bertz CT molecular complexity index is 502. The Hall–Kier alpha value is -2.10. The van der Waals surface area contributed by atoms with E-state index in [0.717, 1.165) is 17.1 Å². The third-order valence-corrected chi connectivity index (χ3v) is 2.31. The fourth-order valence-electron chi connectivity index (χ4n) is 1.59. The van der Waals surface area contributed by atoms with Crippen molar-refractivity contribution in [1.82, 2.24) is 14.8 Å². The molecule has 4 heteroatoms. The number of aromatic nitrogens is 3. The maximum Gasteiger partial charge on any atom is 0.153 e. The molecule has 0 saturated heterocycles. The lowest BCUT2D eigenvalue weighted by Gasteiger charge is -2.08. The molecule has 0 bridgehead atoms. The normalized spacial score (nSPS) is 13.3. The molecular weight excluding hydrogens is 190 g/mol. The third-order valence-electron chi connectivity index (χ3n) is 2.31. The van der Waals surface area contributed by atoms with Crippen LogP contribution in [-0.2, 0) is 11.3 Å². The first kappa shape index (κ1) is 8.23. The highest BCUT2D eigenvalue weighted by molar-refractivity contribution is 5.52. The fraction of sp³-hybridized carbons (Fsp3) is 0.0909. The second-order valence-electron chi connectivity index (χ2n) is 3.27. The molecule has 1 aliphatic rings. The van der Waals surface area contributed by atoms with E-state index < -0.39 is 0 Å². The van der Waals surface area contributed by atoms with Gasteiger partial charge in [0.1, 0.15) is 6.61 Å². The molecule has 2 aromatic heterocycles. The SMILES string of the molecule is C1=Cc2c(cnn2-c2ccccn2)CO1. The van der Waals surface area contributed by atoms with Crippen LogP contribution in [0.4, 0.5) is 0 Å². The van der Waals surface area contributed by atoms with Crippen molar-refractivity contribution in [3.05, 3.63) is 48.1 Å². The average molecular weight is 199 g/mol. The summed E-state index contributed by atoms with van der Waals surface area (Å²) in [4.78, 5) is 4.26. The van der Waals surface area contributed by atoms with Gasteiger partial charge in [0.25, 0.3) is 0 Å². The first-order valence-corrected chi connectivity index (χ1v) is 4.71. The molecule has 0 fully saturated rings. The van der Waals surface area contributed by atoms with E-state index in [1.54, 1.807) is 12.5 Å². The second-order valence-corrected chi connectivity index (χ2v) is 3.27. The zero-order valence-electron chi connectivity index (χ0n) is 8.00. The predicted octanol–water partition coefficient (Wildman–Crippen LogP) is 1.77. The Morgan fingerprint density at radius 2 is 2.33 bits per heavy atom. The Morgan fingerprint density at radius 3 is 3.20 bits per heavy atom. The summed E-state index contributed by atoms with van der Waals surface area (Å²) in [6.45, 7) is 0.582. The highest BCUT2D eigenvalue weighted by Crippen LogP contribution is 2.19. The van der Waals surface area contributed by atoms with Crippen molar-refractivity contribution in [2.24, 2.45) is 0 Å². The smallest absolute Gasteiger partial charge is 0.153 e. The molecule has 0 N–H and O–H groups in total. The molecule has 15 heavy (non-hydrogen) atoms. The van der Waals surface area contributed by atoms with Gasteiger partial charge in [-0.15, -0.1) is 0 Å². The van der Waals surface area contributed by atoms with Crippen LogP contribution in [0.1, 0.15) is 11.3 Å². The van der Waals surface area contributed by atoms with Crippen molar-refractivity contribution in [3.8, 4) is 5.82 Å². The molecule has 0 amide bonds. The molecule has 3 heterocycles. The van der Waals surface area contributed by atoms with Crippen LogP contribution in [0.5, 0.6) is 0 Å². The van der Waals surface area contributed by atoms with Gasteiger partial charge in [-0.05, 0) is 18.2 Å². The van der Waals surface area contributed by atoms with Crippen molar-refractivity contribution < 1.29 is 4.74 Å². The largest absolute Gasteiger partial charge is 0.496 e. The van der Waals surface area contributed by atoms with Gasteiger partial charge in [-0.2, -0.15) is 5.10 Å². The first-order valence-electron chi connectivity index (χ1n) is 4.71. The van der Waals surface area contributed by atoms with Crippen LogP contribution >= 0.6 is 0 Å². The molecule has 2 aromatic rings. The summed E-state index contributed by atoms with van der Waals surface area (Å²) in [7, 11) is 0. The summed E-state index contributed by atoms with van der Waals surface area (Å²) in [5.41, 5.74) is 2.13. The van der Waals surface area contributed by atoms with E-state index in [-0.39, 0.29) is 0 Å². The van der Waals surface area contributed by atoms with Gasteiger partial charge in [0.05, 0.1) is 18.2 Å². The molecule has 0 aliphatic carbocycles. The van der Waals surface area contributed by atoms with E-state index >= 15 is 0 Å². The van der Waals surface area contributed by atoms with Gasteiger partial charge in [-0.1, -0.05) is 6.07 Å². The third kappa shape index (κ3) is 1.30. The van der Waals surface area contributed by atoms with Crippen LogP contribution in [0.3, 0.4) is 0 Å². The number of rotatable bonds is 1. The molecule has 0 unspecified atom stereocenters. The molecule has 0 saturated carbocycles. The minimum atomic E-state index is 0.582. The number of ether oxygens (including phenoxy) is 1. The minimum absolute atomic E-state index is 0.582. The van der Waals surface area contributed by atoms with Gasteiger partial charge in [0.2, 0.25) is 0 Å². The summed E-state index contributed by atoms with van der Waals surface area (Å²) in [6, 6.07) is 5.76. The lowest BCUT2D eigenvalue weighted by Crippen LogP contribution is -2.03. The van der Waals surface area contributed by atoms with Crippen molar-refractivity contribution in [3.63, 3.8) is 0 Å².